The fraction of sp³-hybridized carbons (Fsp3) is 0.576. The molecule has 0 aromatic rings. The second-order valence-corrected chi connectivity index (χ2v) is 11.6. The molecular weight excluding hydrogens is 444 g/mol. The van der Waals surface area contributed by atoms with Gasteiger partial charge < -0.3 is 15.3 Å². The van der Waals surface area contributed by atoms with Gasteiger partial charge in [-0.05, 0) is 81.6 Å². The van der Waals surface area contributed by atoms with Gasteiger partial charge in [0.1, 0.15) is 0 Å². The lowest BCUT2D eigenvalue weighted by molar-refractivity contribution is -0.0554. The lowest BCUT2D eigenvalue weighted by atomic mass is 9.55. The Bertz CT molecular complexity index is 977. The fourth-order valence-corrected chi connectivity index (χ4v) is 7.63. The van der Waals surface area contributed by atoms with Gasteiger partial charge in [0.25, 0.3) is 0 Å². The smallest absolute Gasteiger partial charge is 0.0956 e. The van der Waals surface area contributed by atoms with E-state index in [0.29, 0.717) is 24.5 Å². The molecule has 0 spiro atoms. The fourth-order valence-electron chi connectivity index (χ4n) is 7.63. The van der Waals surface area contributed by atoms with E-state index in [1.165, 1.54) is 16.7 Å². The van der Waals surface area contributed by atoms with Crippen LogP contribution in [0, 0.1) is 41.4 Å². The molecule has 9 atom stereocenters. The third kappa shape index (κ3) is 5.43. The van der Waals surface area contributed by atoms with Crippen LogP contribution in [0.25, 0.3) is 0 Å². The lowest BCUT2D eigenvalue weighted by Gasteiger charge is -2.51. The lowest BCUT2D eigenvalue weighted by Crippen LogP contribution is -2.49. The van der Waals surface area contributed by atoms with Crippen molar-refractivity contribution in [3.05, 3.63) is 83.7 Å². The standard InChI is InChI=1S/C33H46O3/c1-5-7-11-23-13-15-24(16-14-23)32(31-22(4)26(18-20-29(31)35)28(34)9-6-2)33-27-12-8-10-21(3)25(27)17-19-30(33)36/h5-9,12-13,15,17,21-22,26-27,29-36H,2,10-11,14,16,18-20H2,1,3-4H3/b7-5-,28-9+/t21-,22?,26?,27?,29?,30?,31?,32?,33?/m0/s1. The highest BCUT2D eigenvalue weighted by atomic mass is 16.3. The van der Waals surface area contributed by atoms with Gasteiger partial charge in [-0.1, -0.05) is 85.8 Å². The zero-order valence-electron chi connectivity index (χ0n) is 22.4. The largest absolute Gasteiger partial charge is 0.512 e. The maximum absolute atomic E-state index is 11.5. The third-order valence-corrected chi connectivity index (χ3v) is 9.51. The first-order valence-corrected chi connectivity index (χ1v) is 14.1. The van der Waals surface area contributed by atoms with E-state index in [1.807, 2.05) is 0 Å². The van der Waals surface area contributed by atoms with Gasteiger partial charge in [-0.25, -0.2) is 0 Å². The van der Waals surface area contributed by atoms with Crippen molar-refractivity contribution in [3.8, 4) is 0 Å². The van der Waals surface area contributed by atoms with Crippen molar-refractivity contribution >= 4 is 0 Å². The highest BCUT2D eigenvalue weighted by Crippen LogP contribution is 2.53. The zero-order valence-corrected chi connectivity index (χ0v) is 22.4. The number of hydrogen-bond acceptors (Lipinski definition) is 3. The average molecular weight is 491 g/mol. The number of aliphatic hydroxyl groups is 3. The van der Waals surface area contributed by atoms with Gasteiger partial charge >= 0.3 is 0 Å². The summed E-state index contributed by atoms with van der Waals surface area (Å²) in [6.07, 6.45) is 24.4. The predicted molar refractivity (Wildman–Crippen MR) is 149 cm³/mol. The van der Waals surface area contributed by atoms with Crippen molar-refractivity contribution in [3.63, 3.8) is 0 Å². The summed E-state index contributed by atoms with van der Waals surface area (Å²) in [5, 5.41) is 33.9. The van der Waals surface area contributed by atoms with Crippen molar-refractivity contribution < 1.29 is 15.3 Å². The van der Waals surface area contributed by atoms with E-state index in [1.54, 1.807) is 12.2 Å². The van der Waals surface area contributed by atoms with E-state index in [0.717, 1.165) is 32.1 Å². The van der Waals surface area contributed by atoms with Crippen LogP contribution >= 0.6 is 0 Å². The molecule has 0 heterocycles. The Kier molecular flexibility index (Phi) is 8.96. The molecule has 3 N–H and O–H groups in total. The zero-order chi connectivity index (χ0) is 25.8. The summed E-state index contributed by atoms with van der Waals surface area (Å²) in [7, 11) is 0. The molecule has 1 fully saturated rings. The van der Waals surface area contributed by atoms with E-state index >= 15 is 0 Å². The van der Waals surface area contributed by atoms with Gasteiger partial charge in [-0.15, -0.1) is 0 Å². The van der Waals surface area contributed by atoms with Gasteiger partial charge in [0.15, 0.2) is 0 Å². The molecule has 0 aromatic heterocycles. The van der Waals surface area contributed by atoms with E-state index in [9.17, 15) is 15.3 Å². The summed E-state index contributed by atoms with van der Waals surface area (Å²) < 4.78 is 0. The van der Waals surface area contributed by atoms with Crippen LogP contribution in [-0.4, -0.2) is 27.5 Å². The van der Waals surface area contributed by atoms with Gasteiger partial charge in [-0.3, -0.25) is 0 Å². The summed E-state index contributed by atoms with van der Waals surface area (Å²) in [5.74, 6) is 1.23. The van der Waals surface area contributed by atoms with Crippen molar-refractivity contribution in [1.82, 2.24) is 0 Å². The first-order chi connectivity index (χ1) is 17.4. The molecule has 4 aliphatic rings. The van der Waals surface area contributed by atoms with Gasteiger partial charge in [0.2, 0.25) is 0 Å². The molecule has 1 saturated carbocycles. The molecule has 0 amide bonds. The van der Waals surface area contributed by atoms with E-state index in [4.69, 9.17) is 0 Å². The molecule has 196 valence electrons. The van der Waals surface area contributed by atoms with Gasteiger partial charge in [0, 0.05) is 17.8 Å². The monoisotopic (exact) mass is 490 g/mol. The highest BCUT2D eigenvalue weighted by molar-refractivity contribution is 5.33. The minimum absolute atomic E-state index is 0.000419. The van der Waals surface area contributed by atoms with Crippen molar-refractivity contribution in [2.24, 2.45) is 41.4 Å². The van der Waals surface area contributed by atoms with E-state index in [2.05, 4.69) is 69.9 Å². The van der Waals surface area contributed by atoms with Crippen molar-refractivity contribution in [1.29, 1.82) is 0 Å². The summed E-state index contributed by atoms with van der Waals surface area (Å²) in [6, 6.07) is 0. The van der Waals surface area contributed by atoms with Crippen LogP contribution in [0.5, 0.6) is 0 Å². The number of aliphatic hydroxyl groups excluding tert-OH is 3. The Morgan fingerprint density at radius 3 is 2.58 bits per heavy atom. The quantitative estimate of drug-likeness (QED) is 0.198. The molecular formula is C33H46O3. The Labute approximate surface area is 218 Å². The molecule has 0 radical (unpaired) electrons. The van der Waals surface area contributed by atoms with Crippen LogP contribution in [-0.2, 0) is 0 Å². The normalized spacial score (nSPS) is 38.1. The molecule has 0 saturated heterocycles. The van der Waals surface area contributed by atoms with Crippen LogP contribution in [0.1, 0.15) is 65.7 Å². The minimum Gasteiger partial charge on any atom is -0.512 e. The third-order valence-electron chi connectivity index (χ3n) is 9.51. The van der Waals surface area contributed by atoms with Crippen LogP contribution in [0.3, 0.4) is 0 Å². The van der Waals surface area contributed by atoms with Crippen molar-refractivity contribution in [2.45, 2.75) is 77.9 Å². The number of rotatable bonds is 7. The Balaban J connectivity index is 1.78. The molecule has 8 unspecified atom stereocenters. The Hall–Kier alpha value is -2.10. The molecule has 36 heavy (non-hydrogen) atoms. The minimum atomic E-state index is -0.446. The van der Waals surface area contributed by atoms with Crippen LogP contribution in [0.15, 0.2) is 83.7 Å². The number of allylic oxidation sites excluding steroid dienone is 12. The molecule has 0 aromatic carbocycles. The van der Waals surface area contributed by atoms with Crippen LogP contribution in [0.4, 0.5) is 0 Å². The number of hydrogen-bond donors (Lipinski definition) is 3. The van der Waals surface area contributed by atoms with Gasteiger partial charge in [0.05, 0.1) is 18.0 Å². The Morgan fingerprint density at radius 2 is 1.89 bits per heavy atom. The SMILES string of the molecule is C=C/C=C(/O)C1CCC(O)C(C(C2=CC=C(C/C=C\C)CC2)C2C(O)CC=C3C2C=CC[C@@H]3C)C1C. The first-order valence-electron chi connectivity index (χ1n) is 14.1. The molecule has 0 aliphatic heterocycles. The summed E-state index contributed by atoms with van der Waals surface area (Å²) in [4.78, 5) is 0. The summed E-state index contributed by atoms with van der Waals surface area (Å²) >= 11 is 0. The maximum atomic E-state index is 11.5. The van der Waals surface area contributed by atoms with Gasteiger partial charge in [-0.2, -0.15) is 0 Å². The Morgan fingerprint density at radius 1 is 1.08 bits per heavy atom. The second-order valence-electron chi connectivity index (χ2n) is 11.6. The maximum Gasteiger partial charge on any atom is 0.0956 e. The molecule has 3 heteroatoms. The number of fused-ring (bicyclic) bond motifs is 1. The highest BCUT2D eigenvalue weighted by Gasteiger charge is 2.50. The molecule has 3 nitrogen and oxygen atoms in total. The molecule has 4 rings (SSSR count). The second kappa shape index (κ2) is 12.0. The van der Waals surface area contributed by atoms with E-state index in [-0.39, 0.29) is 35.5 Å². The molecule has 0 bridgehead atoms. The molecule has 4 aliphatic carbocycles. The predicted octanol–water partition coefficient (Wildman–Crippen LogP) is 7.39. The summed E-state index contributed by atoms with van der Waals surface area (Å²) in [5.41, 5.74) is 4.26. The average Bonchev–Trinajstić information content (AvgIpc) is 2.86. The summed E-state index contributed by atoms with van der Waals surface area (Å²) in [6.45, 7) is 10.3. The topological polar surface area (TPSA) is 60.7 Å². The first kappa shape index (κ1) is 26.9. The van der Waals surface area contributed by atoms with Crippen LogP contribution < -0.4 is 0 Å². The van der Waals surface area contributed by atoms with Crippen molar-refractivity contribution in [2.75, 3.05) is 0 Å². The van der Waals surface area contributed by atoms with E-state index < -0.39 is 12.2 Å². The van der Waals surface area contributed by atoms with Crippen LogP contribution in [0.2, 0.25) is 0 Å².